The van der Waals surface area contributed by atoms with E-state index in [9.17, 15) is 10.1 Å². The normalized spacial score (nSPS) is 21.5. The number of nitro benzene ring substituents is 1. The van der Waals surface area contributed by atoms with Crippen molar-refractivity contribution in [3.63, 3.8) is 0 Å². The highest BCUT2D eigenvalue weighted by Crippen LogP contribution is 2.34. The number of nitrogens with zero attached hydrogens (tertiary/aromatic N) is 2. The maximum Gasteiger partial charge on any atom is 0.274 e. The van der Waals surface area contributed by atoms with Gasteiger partial charge in [-0.3, -0.25) is 10.1 Å². The molecule has 0 bridgehead atoms. The molecule has 1 heterocycles. The third-order valence-electron chi connectivity index (χ3n) is 4.59. The summed E-state index contributed by atoms with van der Waals surface area (Å²) in [5.74, 6) is 0.769. The van der Waals surface area contributed by atoms with E-state index in [1.54, 1.807) is 6.07 Å². The van der Waals surface area contributed by atoms with Gasteiger partial charge in [-0.15, -0.1) is 0 Å². The molecule has 0 spiro atoms. The van der Waals surface area contributed by atoms with Crippen LogP contribution in [0.5, 0.6) is 0 Å². The van der Waals surface area contributed by atoms with Crippen molar-refractivity contribution in [2.45, 2.75) is 38.6 Å². The van der Waals surface area contributed by atoms with Crippen LogP contribution >= 0.6 is 0 Å². The van der Waals surface area contributed by atoms with Crippen LogP contribution in [-0.2, 0) is 0 Å². The lowest BCUT2D eigenvalue weighted by Crippen LogP contribution is -2.39. The molecule has 1 N–H and O–H groups in total. The van der Waals surface area contributed by atoms with Crippen molar-refractivity contribution in [1.29, 1.82) is 0 Å². The number of hydrogen-bond donors (Lipinski definition) is 1. The highest BCUT2D eigenvalue weighted by Gasteiger charge is 2.28. The van der Waals surface area contributed by atoms with Gasteiger partial charge in [0.15, 0.2) is 0 Å². The van der Waals surface area contributed by atoms with Gasteiger partial charge in [0.25, 0.3) is 5.69 Å². The first-order valence-corrected chi connectivity index (χ1v) is 7.87. The monoisotopic (exact) mass is 289 g/mol. The molecule has 1 aromatic carbocycles. The lowest BCUT2D eigenvalue weighted by Gasteiger charge is -2.29. The average Bonchev–Trinajstić information content (AvgIpc) is 3.12. The molecule has 1 saturated carbocycles. The maximum absolute atomic E-state index is 11.2. The molecule has 2 fully saturated rings. The van der Waals surface area contributed by atoms with Crippen LogP contribution in [0.15, 0.2) is 18.2 Å². The highest BCUT2D eigenvalue weighted by atomic mass is 16.6. The second-order valence-electron chi connectivity index (χ2n) is 6.32. The zero-order chi connectivity index (χ0) is 14.8. The molecule has 0 amide bonds. The number of anilines is 1. The van der Waals surface area contributed by atoms with Gasteiger partial charge in [-0.2, -0.15) is 0 Å². The van der Waals surface area contributed by atoms with E-state index in [-0.39, 0.29) is 10.6 Å². The first-order chi connectivity index (χ1) is 10.1. The Bertz CT molecular complexity index is 522. The average molecular weight is 289 g/mol. The smallest absolute Gasteiger partial charge is 0.274 e. The maximum atomic E-state index is 11.2. The van der Waals surface area contributed by atoms with Gasteiger partial charge in [0.2, 0.25) is 0 Å². The Hall–Kier alpha value is -1.62. The summed E-state index contributed by atoms with van der Waals surface area (Å²) < 4.78 is 0. The van der Waals surface area contributed by atoms with Crippen LogP contribution in [-0.4, -0.2) is 30.6 Å². The van der Waals surface area contributed by atoms with E-state index in [1.165, 1.54) is 25.7 Å². The first kappa shape index (κ1) is 14.3. The Labute approximate surface area is 125 Å². The molecule has 1 saturated heterocycles. The molecule has 5 nitrogen and oxygen atoms in total. The minimum absolute atomic E-state index is 0.229. The van der Waals surface area contributed by atoms with Crippen LogP contribution in [0.1, 0.15) is 31.2 Å². The molecular formula is C16H23N3O2. The van der Waals surface area contributed by atoms with Crippen molar-refractivity contribution in [2.75, 3.05) is 24.5 Å². The lowest BCUT2D eigenvalue weighted by molar-refractivity contribution is -0.385. The summed E-state index contributed by atoms with van der Waals surface area (Å²) in [6, 6.07) is 5.95. The molecule has 2 aliphatic rings. The van der Waals surface area contributed by atoms with E-state index >= 15 is 0 Å². The highest BCUT2D eigenvalue weighted by molar-refractivity contribution is 5.61. The minimum Gasteiger partial charge on any atom is -0.369 e. The number of nitrogens with one attached hydrogen (secondary N) is 1. The van der Waals surface area contributed by atoms with E-state index in [1.807, 2.05) is 19.1 Å². The van der Waals surface area contributed by atoms with E-state index < -0.39 is 0 Å². The van der Waals surface area contributed by atoms with Gasteiger partial charge in [-0.25, -0.2) is 0 Å². The molecular weight excluding hydrogens is 266 g/mol. The Balaban J connectivity index is 1.83. The van der Waals surface area contributed by atoms with E-state index in [4.69, 9.17) is 0 Å². The summed E-state index contributed by atoms with van der Waals surface area (Å²) >= 11 is 0. The molecule has 5 heteroatoms. The standard InChI is InChI=1S/C16H23N3O2/c1-12-15(5-2-6-16(12)19(20)21)18(10-13-7-8-13)11-14-4-3-9-17-14/h2,5-6,13-14,17H,3-4,7-11H2,1H3. The Morgan fingerprint density at radius 3 is 2.76 bits per heavy atom. The molecule has 0 aromatic heterocycles. The second-order valence-corrected chi connectivity index (χ2v) is 6.32. The van der Waals surface area contributed by atoms with Gasteiger partial charge in [0, 0.05) is 30.9 Å². The molecule has 0 radical (unpaired) electrons. The summed E-state index contributed by atoms with van der Waals surface area (Å²) in [6.45, 7) is 4.95. The summed E-state index contributed by atoms with van der Waals surface area (Å²) in [6.07, 6.45) is 5.02. The van der Waals surface area contributed by atoms with Crippen molar-refractivity contribution >= 4 is 11.4 Å². The largest absolute Gasteiger partial charge is 0.369 e. The van der Waals surface area contributed by atoms with E-state index in [0.717, 1.165) is 36.8 Å². The van der Waals surface area contributed by atoms with Gasteiger partial charge < -0.3 is 10.2 Å². The minimum atomic E-state index is -0.276. The van der Waals surface area contributed by atoms with Gasteiger partial charge >= 0.3 is 0 Å². The van der Waals surface area contributed by atoms with Crippen LogP contribution in [0.3, 0.4) is 0 Å². The van der Waals surface area contributed by atoms with Crippen LogP contribution in [0.2, 0.25) is 0 Å². The van der Waals surface area contributed by atoms with Crippen LogP contribution in [0, 0.1) is 23.0 Å². The van der Waals surface area contributed by atoms with Crippen molar-refractivity contribution < 1.29 is 4.92 Å². The predicted octanol–water partition coefficient (Wildman–Crippen LogP) is 2.87. The van der Waals surface area contributed by atoms with E-state index in [2.05, 4.69) is 10.2 Å². The molecule has 1 unspecified atom stereocenters. The summed E-state index contributed by atoms with van der Waals surface area (Å²) in [5.41, 5.74) is 2.05. The zero-order valence-electron chi connectivity index (χ0n) is 12.5. The molecule has 3 rings (SSSR count). The second kappa shape index (κ2) is 6.02. The quantitative estimate of drug-likeness (QED) is 0.646. The van der Waals surface area contributed by atoms with Crippen molar-refractivity contribution in [1.82, 2.24) is 5.32 Å². The Kier molecular flexibility index (Phi) is 4.10. The number of rotatable bonds is 6. The predicted molar refractivity (Wildman–Crippen MR) is 83.8 cm³/mol. The van der Waals surface area contributed by atoms with Crippen LogP contribution < -0.4 is 10.2 Å². The zero-order valence-corrected chi connectivity index (χ0v) is 12.5. The fraction of sp³-hybridized carbons (Fsp3) is 0.625. The van der Waals surface area contributed by atoms with Gasteiger partial charge in [0.1, 0.15) is 0 Å². The van der Waals surface area contributed by atoms with Gasteiger partial charge in [-0.1, -0.05) is 6.07 Å². The topological polar surface area (TPSA) is 58.4 Å². The summed E-state index contributed by atoms with van der Waals surface area (Å²) in [7, 11) is 0. The molecule has 21 heavy (non-hydrogen) atoms. The van der Waals surface area contributed by atoms with Crippen molar-refractivity contribution in [3.05, 3.63) is 33.9 Å². The fourth-order valence-corrected chi connectivity index (χ4v) is 3.21. The van der Waals surface area contributed by atoms with Crippen LogP contribution in [0.25, 0.3) is 0 Å². The third kappa shape index (κ3) is 3.35. The third-order valence-corrected chi connectivity index (χ3v) is 4.59. The Morgan fingerprint density at radius 1 is 1.33 bits per heavy atom. The molecule has 1 aliphatic heterocycles. The number of hydrogen-bond acceptors (Lipinski definition) is 4. The van der Waals surface area contributed by atoms with Crippen molar-refractivity contribution in [2.24, 2.45) is 5.92 Å². The number of nitro groups is 1. The SMILES string of the molecule is Cc1c(N(CC2CC2)CC2CCCN2)cccc1[N+](=O)[O-]. The Morgan fingerprint density at radius 2 is 2.14 bits per heavy atom. The first-order valence-electron chi connectivity index (χ1n) is 7.87. The van der Waals surface area contributed by atoms with Crippen LogP contribution in [0.4, 0.5) is 11.4 Å². The van der Waals surface area contributed by atoms with Crippen molar-refractivity contribution in [3.8, 4) is 0 Å². The lowest BCUT2D eigenvalue weighted by atomic mass is 10.1. The fourth-order valence-electron chi connectivity index (χ4n) is 3.21. The summed E-state index contributed by atoms with van der Waals surface area (Å²) in [5, 5.41) is 14.7. The molecule has 1 atom stereocenters. The van der Waals surface area contributed by atoms with Gasteiger partial charge in [0.05, 0.1) is 10.5 Å². The number of benzene rings is 1. The van der Waals surface area contributed by atoms with Gasteiger partial charge in [-0.05, 0) is 51.1 Å². The van der Waals surface area contributed by atoms with E-state index in [0.29, 0.717) is 6.04 Å². The molecule has 1 aromatic rings. The molecule has 114 valence electrons. The summed E-state index contributed by atoms with van der Waals surface area (Å²) in [4.78, 5) is 13.2. The molecule has 1 aliphatic carbocycles.